The van der Waals surface area contributed by atoms with Gasteiger partial charge in [-0.1, -0.05) is 19.8 Å². The van der Waals surface area contributed by atoms with Crippen molar-refractivity contribution in [3.8, 4) is 0 Å². The van der Waals surface area contributed by atoms with Gasteiger partial charge in [0.1, 0.15) is 0 Å². The van der Waals surface area contributed by atoms with E-state index in [9.17, 15) is 0 Å². The van der Waals surface area contributed by atoms with Crippen molar-refractivity contribution in [2.75, 3.05) is 13.2 Å². The van der Waals surface area contributed by atoms with Crippen LogP contribution >= 0.6 is 0 Å². The Bertz CT molecular complexity index is 122. The molecule has 0 radical (unpaired) electrons. The molecule has 0 fully saturated rings. The van der Waals surface area contributed by atoms with Crippen LogP contribution in [0, 0.1) is 0 Å². The summed E-state index contributed by atoms with van der Waals surface area (Å²) in [6.45, 7) is 7.51. The summed E-state index contributed by atoms with van der Waals surface area (Å²) in [5.74, 6) is 0.695. The first-order chi connectivity index (χ1) is 6.35. The van der Waals surface area contributed by atoms with Crippen molar-refractivity contribution in [3.05, 3.63) is 12.0 Å². The molecule has 0 aromatic rings. The lowest BCUT2D eigenvalue weighted by atomic mass is 10.2. The second kappa shape index (κ2) is 9.43. The highest BCUT2D eigenvalue weighted by Crippen LogP contribution is 2.06. The first kappa shape index (κ1) is 12.3. The standard InChI is InChI=1S/C11H22O2/c1-4-7-8-9-10-11(12-5-2)13-6-3/h10H,4-9H2,1-3H3. The van der Waals surface area contributed by atoms with Gasteiger partial charge in [0, 0.05) is 0 Å². The maximum absolute atomic E-state index is 5.30. The zero-order chi connectivity index (χ0) is 9.94. The van der Waals surface area contributed by atoms with E-state index in [0.29, 0.717) is 19.2 Å². The average molecular weight is 186 g/mol. The molecule has 0 aromatic heterocycles. The van der Waals surface area contributed by atoms with Crippen molar-refractivity contribution in [3.63, 3.8) is 0 Å². The lowest BCUT2D eigenvalue weighted by molar-refractivity contribution is 0.0454. The van der Waals surface area contributed by atoms with E-state index < -0.39 is 0 Å². The van der Waals surface area contributed by atoms with Gasteiger partial charge < -0.3 is 9.47 Å². The molecule has 78 valence electrons. The van der Waals surface area contributed by atoms with Crippen molar-refractivity contribution >= 4 is 0 Å². The molecule has 0 amide bonds. The SMILES string of the molecule is CCCCCC=C(OCC)OCC. The minimum Gasteiger partial charge on any atom is -0.466 e. The van der Waals surface area contributed by atoms with Gasteiger partial charge in [0.2, 0.25) is 0 Å². The number of allylic oxidation sites excluding steroid dienone is 1. The summed E-state index contributed by atoms with van der Waals surface area (Å²) in [6, 6.07) is 0. The van der Waals surface area contributed by atoms with Crippen LogP contribution in [0.2, 0.25) is 0 Å². The summed E-state index contributed by atoms with van der Waals surface area (Å²) in [4.78, 5) is 0. The quantitative estimate of drug-likeness (QED) is 0.427. The number of ether oxygens (including phenoxy) is 2. The van der Waals surface area contributed by atoms with Crippen molar-refractivity contribution in [1.82, 2.24) is 0 Å². The molecule has 0 aliphatic heterocycles. The molecule has 0 atom stereocenters. The number of rotatable bonds is 8. The van der Waals surface area contributed by atoms with Crippen molar-refractivity contribution in [2.45, 2.75) is 46.5 Å². The minimum absolute atomic E-state index is 0.680. The van der Waals surface area contributed by atoms with Crippen LogP contribution in [-0.2, 0) is 9.47 Å². The molecule has 13 heavy (non-hydrogen) atoms. The molecule has 0 spiro atoms. The maximum Gasteiger partial charge on any atom is 0.274 e. The summed E-state index contributed by atoms with van der Waals surface area (Å²) in [5.41, 5.74) is 0. The first-order valence-corrected chi connectivity index (χ1v) is 5.30. The average Bonchev–Trinajstić information content (AvgIpc) is 2.13. The van der Waals surface area contributed by atoms with Gasteiger partial charge in [-0.25, -0.2) is 0 Å². The highest BCUT2D eigenvalue weighted by molar-refractivity contribution is 4.83. The van der Waals surface area contributed by atoms with E-state index in [-0.39, 0.29) is 0 Å². The molecule has 2 heteroatoms. The summed E-state index contributed by atoms with van der Waals surface area (Å²) in [7, 11) is 0. The monoisotopic (exact) mass is 186 g/mol. The van der Waals surface area contributed by atoms with Gasteiger partial charge in [-0.3, -0.25) is 0 Å². The summed E-state index contributed by atoms with van der Waals surface area (Å²) in [5, 5.41) is 0. The Morgan fingerprint density at radius 2 is 1.62 bits per heavy atom. The van der Waals surface area contributed by atoms with E-state index >= 15 is 0 Å². The molecular weight excluding hydrogens is 164 g/mol. The van der Waals surface area contributed by atoms with Gasteiger partial charge in [0.05, 0.1) is 13.2 Å². The smallest absolute Gasteiger partial charge is 0.274 e. The van der Waals surface area contributed by atoms with Crippen LogP contribution in [0.1, 0.15) is 46.5 Å². The highest BCUT2D eigenvalue weighted by atomic mass is 16.7. The van der Waals surface area contributed by atoms with Crippen molar-refractivity contribution < 1.29 is 9.47 Å². The van der Waals surface area contributed by atoms with Crippen LogP contribution < -0.4 is 0 Å². The Morgan fingerprint density at radius 3 is 2.08 bits per heavy atom. The van der Waals surface area contributed by atoms with Crippen LogP contribution in [0.25, 0.3) is 0 Å². The Kier molecular flexibility index (Phi) is 8.95. The predicted octanol–water partition coefficient (Wildman–Crippen LogP) is 3.48. The third-order valence-corrected chi connectivity index (χ3v) is 1.69. The zero-order valence-electron chi connectivity index (χ0n) is 9.14. The summed E-state index contributed by atoms with van der Waals surface area (Å²) >= 11 is 0. The first-order valence-electron chi connectivity index (χ1n) is 5.30. The Balaban J connectivity index is 3.61. The molecule has 0 aromatic carbocycles. The van der Waals surface area contributed by atoms with E-state index in [1.165, 1.54) is 19.3 Å². The van der Waals surface area contributed by atoms with Crippen LogP contribution in [0.3, 0.4) is 0 Å². The van der Waals surface area contributed by atoms with Crippen LogP contribution in [0.5, 0.6) is 0 Å². The highest BCUT2D eigenvalue weighted by Gasteiger charge is 1.95. The normalized spacial score (nSPS) is 9.46. The fraction of sp³-hybridized carbons (Fsp3) is 0.818. The fourth-order valence-electron chi connectivity index (χ4n) is 1.06. The summed E-state index contributed by atoms with van der Waals surface area (Å²) < 4.78 is 10.6. The number of hydrogen-bond acceptors (Lipinski definition) is 2. The van der Waals surface area contributed by atoms with E-state index in [0.717, 1.165) is 6.42 Å². The zero-order valence-corrected chi connectivity index (χ0v) is 9.14. The molecule has 0 N–H and O–H groups in total. The molecule has 0 rings (SSSR count). The van der Waals surface area contributed by atoms with Crippen molar-refractivity contribution in [1.29, 1.82) is 0 Å². The van der Waals surface area contributed by atoms with Gasteiger partial charge in [-0.15, -0.1) is 0 Å². The van der Waals surface area contributed by atoms with Gasteiger partial charge in [-0.2, -0.15) is 0 Å². The minimum atomic E-state index is 0.680. The lowest BCUT2D eigenvalue weighted by Crippen LogP contribution is -1.97. The third-order valence-electron chi connectivity index (χ3n) is 1.69. The van der Waals surface area contributed by atoms with Gasteiger partial charge >= 0.3 is 0 Å². The number of unbranched alkanes of at least 4 members (excludes halogenated alkanes) is 3. The van der Waals surface area contributed by atoms with E-state index in [1.807, 2.05) is 19.9 Å². The van der Waals surface area contributed by atoms with E-state index in [1.54, 1.807) is 0 Å². The topological polar surface area (TPSA) is 18.5 Å². The third kappa shape index (κ3) is 7.69. The van der Waals surface area contributed by atoms with Gasteiger partial charge in [-0.05, 0) is 32.8 Å². The molecule has 0 heterocycles. The molecule has 0 aliphatic rings. The Labute approximate surface area is 81.9 Å². The summed E-state index contributed by atoms with van der Waals surface area (Å²) in [6.07, 6.45) is 6.86. The molecule has 0 unspecified atom stereocenters. The molecule has 2 nitrogen and oxygen atoms in total. The lowest BCUT2D eigenvalue weighted by Gasteiger charge is -2.08. The molecule has 0 saturated heterocycles. The molecular formula is C11H22O2. The van der Waals surface area contributed by atoms with E-state index in [2.05, 4.69) is 6.92 Å². The predicted molar refractivity (Wildman–Crippen MR) is 55.5 cm³/mol. The largest absolute Gasteiger partial charge is 0.466 e. The fourth-order valence-corrected chi connectivity index (χ4v) is 1.06. The second-order valence-corrected chi connectivity index (χ2v) is 2.88. The Morgan fingerprint density at radius 1 is 1.00 bits per heavy atom. The van der Waals surface area contributed by atoms with Gasteiger partial charge in [0.15, 0.2) is 0 Å². The van der Waals surface area contributed by atoms with Crippen LogP contribution in [0.4, 0.5) is 0 Å². The molecule has 0 aliphatic carbocycles. The molecule has 0 saturated carbocycles. The molecule has 0 bridgehead atoms. The van der Waals surface area contributed by atoms with Crippen LogP contribution in [-0.4, -0.2) is 13.2 Å². The maximum atomic E-state index is 5.30. The van der Waals surface area contributed by atoms with Crippen LogP contribution in [0.15, 0.2) is 12.0 Å². The number of hydrogen-bond donors (Lipinski definition) is 0. The van der Waals surface area contributed by atoms with Crippen molar-refractivity contribution in [2.24, 2.45) is 0 Å². The second-order valence-electron chi connectivity index (χ2n) is 2.88. The Hall–Kier alpha value is -0.660. The van der Waals surface area contributed by atoms with E-state index in [4.69, 9.17) is 9.47 Å². The van der Waals surface area contributed by atoms with Gasteiger partial charge in [0.25, 0.3) is 5.95 Å².